The van der Waals surface area contributed by atoms with Gasteiger partial charge >= 0.3 is 6.18 Å². The van der Waals surface area contributed by atoms with Crippen molar-refractivity contribution in [2.75, 3.05) is 26.8 Å². The molecule has 0 spiro atoms. The van der Waals surface area contributed by atoms with Crippen LogP contribution in [0.25, 0.3) is 0 Å². The predicted octanol–water partition coefficient (Wildman–Crippen LogP) is 3.57. The molecule has 1 aromatic rings. The summed E-state index contributed by atoms with van der Waals surface area (Å²) in [7, 11) is 1.56. The summed E-state index contributed by atoms with van der Waals surface area (Å²) >= 11 is 0. The second kappa shape index (κ2) is 9.50. The van der Waals surface area contributed by atoms with Gasteiger partial charge in [0.25, 0.3) is 0 Å². The summed E-state index contributed by atoms with van der Waals surface area (Å²) in [6.45, 7) is -2.53. The van der Waals surface area contributed by atoms with Gasteiger partial charge in [-0.1, -0.05) is 13.8 Å². The van der Waals surface area contributed by atoms with Crippen molar-refractivity contribution in [1.29, 1.82) is 0 Å². The van der Waals surface area contributed by atoms with Crippen LogP contribution in [0.15, 0.2) is 12.2 Å². The van der Waals surface area contributed by atoms with E-state index in [9.17, 15) is 18.0 Å². The molecule has 1 amide bonds. The number of pyridine rings is 1. The zero-order valence-corrected chi connectivity index (χ0v) is 18.8. The zero-order valence-electron chi connectivity index (χ0n) is 26.8. The van der Waals surface area contributed by atoms with E-state index in [1.54, 1.807) is 21.0 Å². The lowest BCUT2D eigenvalue weighted by Gasteiger charge is -2.40. The highest BCUT2D eigenvalue weighted by Crippen LogP contribution is 2.47. The van der Waals surface area contributed by atoms with Gasteiger partial charge in [0.2, 0.25) is 5.91 Å². The molecule has 3 heterocycles. The van der Waals surface area contributed by atoms with E-state index >= 15 is 0 Å². The van der Waals surface area contributed by atoms with Gasteiger partial charge in [-0.15, -0.1) is 0 Å². The molecule has 2 aliphatic heterocycles. The molecule has 0 radical (unpaired) electrons. The third-order valence-corrected chi connectivity index (χ3v) is 6.90. The molecule has 0 bridgehead atoms. The number of nitrogens with zero attached hydrogens (tertiary/aromatic N) is 2. The van der Waals surface area contributed by atoms with E-state index in [0.29, 0.717) is 26.1 Å². The molecule has 1 saturated heterocycles. The molecule has 1 N–H and O–H groups in total. The normalized spacial score (nSPS) is 38.6. The molecular weight excluding hydrogens is 435 g/mol. The second-order valence-corrected chi connectivity index (χ2v) is 9.10. The third-order valence-electron chi connectivity index (χ3n) is 6.90. The van der Waals surface area contributed by atoms with Gasteiger partial charge in [0.05, 0.1) is 29.2 Å². The molecule has 33 heavy (non-hydrogen) atoms. The van der Waals surface area contributed by atoms with Crippen molar-refractivity contribution in [1.82, 2.24) is 15.2 Å². The van der Waals surface area contributed by atoms with E-state index in [-0.39, 0.29) is 35.9 Å². The van der Waals surface area contributed by atoms with Crippen LogP contribution in [0.4, 0.5) is 13.2 Å². The molecule has 9 heteroatoms. The lowest BCUT2D eigenvalue weighted by Crippen LogP contribution is -2.52. The van der Waals surface area contributed by atoms with E-state index in [0.717, 1.165) is 0 Å². The molecule has 1 unspecified atom stereocenters. The van der Waals surface area contributed by atoms with E-state index < -0.39 is 71.8 Å². The zero-order chi connectivity index (χ0) is 30.9. The Hall–Kier alpha value is -1.71. The summed E-state index contributed by atoms with van der Waals surface area (Å²) in [5.41, 5.74) is -5.64. The summed E-state index contributed by atoms with van der Waals surface area (Å²) in [4.78, 5) is 17.7. The molecule has 4 rings (SSSR count). The van der Waals surface area contributed by atoms with Crippen LogP contribution in [0.1, 0.15) is 67.3 Å². The first-order valence-corrected chi connectivity index (χ1v) is 11.1. The molecule has 1 aromatic heterocycles. The number of alkyl halides is 3. The van der Waals surface area contributed by atoms with Gasteiger partial charge in [0, 0.05) is 62.5 Å². The first-order chi connectivity index (χ1) is 18.7. The Labute approximate surface area is 204 Å². The molecular formula is C24H34F3N3O3. The Morgan fingerprint density at radius 1 is 1.45 bits per heavy atom. The number of methoxy groups -OCH3 is 1. The monoisotopic (exact) mass is 477 g/mol. The van der Waals surface area contributed by atoms with Crippen LogP contribution in [-0.2, 0) is 33.3 Å². The average Bonchev–Trinajstić information content (AvgIpc) is 3.27. The quantitative estimate of drug-likeness (QED) is 0.703. The second-order valence-electron chi connectivity index (χ2n) is 9.10. The summed E-state index contributed by atoms with van der Waals surface area (Å²) in [6.07, 6.45) is -8.98. The maximum Gasteiger partial charge on any atom is 0.417 e. The number of carbonyl (C=O) groups excluding carboxylic acids is 1. The van der Waals surface area contributed by atoms with Crippen molar-refractivity contribution in [2.45, 2.75) is 76.8 Å². The summed E-state index contributed by atoms with van der Waals surface area (Å²) in [5.74, 6) is -1.58. The summed E-state index contributed by atoms with van der Waals surface area (Å²) in [6, 6.07) is -1.91. The molecule has 3 aliphatic rings. The summed E-state index contributed by atoms with van der Waals surface area (Å²) in [5, 5.41) is 3.48. The smallest absolute Gasteiger partial charge is 0.379 e. The minimum absolute atomic E-state index is 0.0423. The molecule has 2 fully saturated rings. The number of carbonyl (C=O) groups is 1. The Bertz CT molecular complexity index is 1200. The Kier molecular flexibility index (Phi) is 4.62. The van der Waals surface area contributed by atoms with Crippen LogP contribution in [-0.4, -0.2) is 60.8 Å². The minimum Gasteiger partial charge on any atom is -0.379 e. The molecule has 6 nitrogen and oxygen atoms in total. The lowest BCUT2D eigenvalue weighted by molar-refractivity contribution is -0.146. The van der Waals surface area contributed by atoms with Crippen molar-refractivity contribution >= 4 is 5.91 Å². The van der Waals surface area contributed by atoms with Crippen LogP contribution in [0, 0.1) is 11.3 Å². The number of ether oxygens (including phenoxy) is 2. The van der Waals surface area contributed by atoms with Gasteiger partial charge in [-0.2, -0.15) is 13.2 Å². The van der Waals surface area contributed by atoms with Crippen LogP contribution in [0.2, 0.25) is 0 Å². The number of fused-ring (bicyclic) bond motifs is 1. The first-order valence-electron chi connectivity index (χ1n) is 15.1. The van der Waals surface area contributed by atoms with Crippen LogP contribution in [0.5, 0.6) is 0 Å². The molecule has 0 aromatic carbocycles. The van der Waals surface area contributed by atoms with Crippen molar-refractivity contribution in [3.63, 3.8) is 0 Å². The number of nitrogens with one attached hydrogen (secondary N) is 1. The van der Waals surface area contributed by atoms with E-state index in [1.807, 2.05) is 0 Å². The maximum atomic E-state index is 14.4. The molecule has 1 aliphatic carbocycles. The van der Waals surface area contributed by atoms with Crippen molar-refractivity contribution in [3.8, 4) is 0 Å². The predicted molar refractivity (Wildman–Crippen MR) is 116 cm³/mol. The number of aromatic nitrogens is 1. The fraction of sp³-hybridized carbons (Fsp3) is 0.750. The largest absolute Gasteiger partial charge is 0.417 e. The highest BCUT2D eigenvalue weighted by molar-refractivity contribution is 5.83. The Morgan fingerprint density at radius 2 is 2.24 bits per heavy atom. The number of hydrogen-bond acceptors (Lipinski definition) is 5. The van der Waals surface area contributed by atoms with Gasteiger partial charge in [-0.3, -0.25) is 9.78 Å². The Morgan fingerprint density at radius 3 is 2.94 bits per heavy atom. The van der Waals surface area contributed by atoms with Gasteiger partial charge in [-0.25, -0.2) is 0 Å². The van der Waals surface area contributed by atoms with Gasteiger partial charge in [-0.05, 0) is 43.2 Å². The SMILES string of the molecule is [2H]c1nc2c(c([2H])c1C(F)(F)F)C([2H])([2H])N(C(=O)[C@@]1(C(C)C)CCC(N[C@H]3CCOC[C@H]3OC)C1)C([2H])([2H])C2([2H])[2H]. The van der Waals surface area contributed by atoms with E-state index in [2.05, 4.69) is 10.3 Å². The molecule has 4 atom stereocenters. The number of halogens is 3. The highest BCUT2D eigenvalue weighted by Gasteiger charge is 2.50. The molecule has 184 valence electrons. The van der Waals surface area contributed by atoms with E-state index in [1.165, 1.54) is 0 Å². The number of amides is 1. The molecule has 1 saturated carbocycles. The fourth-order valence-electron chi connectivity index (χ4n) is 4.88. The van der Waals surface area contributed by atoms with Crippen LogP contribution >= 0.6 is 0 Å². The first kappa shape index (κ1) is 16.1. The maximum absolute atomic E-state index is 14.4. The Balaban J connectivity index is 1.80. The van der Waals surface area contributed by atoms with Crippen LogP contribution < -0.4 is 5.32 Å². The van der Waals surface area contributed by atoms with Gasteiger partial charge in [0.15, 0.2) is 0 Å². The standard InChI is InChI=1S/C24H34F3N3O3/c1-15(2)23(7-4-18(11-23)29-20-6-9-33-14-21(20)32-3)22(31)30-8-5-19-16(13-30)10-17(12-28-19)24(25,26)27/h10,12,15,18,20-21,29H,4-9,11,13-14H2,1-3H3/t18?,20-,21+,23-/m0/s1/i5D2,8D2,10D,12D,13D2. The van der Waals surface area contributed by atoms with Crippen molar-refractivity contribution in [3.05, 3.63) is 29.0 Å². The number of aryl methyl sites for hydroxylation is 1. The van der Waals surface area contributed by atoms with Crippen molar-refractivity contribution in [2.24, 2.45) is 11.3 Å². The van der Waals surface area contributed by atoms with Crippen LogP contribution in [0.3, 0.4) is 0 Å². The topological polar surface area (TPSA) is 63.7 Å². The van der Waals surface area contributed by atoms with Crippen molar-refractivity contribution < 1.29 is 38.4 Å². The minimum atomic E-state index is -5.29. The van der Waals surface area contributed by atoms with Gasteiger partial charge in [0.1, 0.15) is 0 Å². The lowest BCUT2D eigenvalue weighted by atomic mass is 9.74. The van der Waals surface area contributed by atoms with Gasteiger partial charge < -0.3 is 19.7 Å². The third kappa shape index (κ3) is 4.91. The number of hydrogen-bond donors (Lipinski definition) is 1. The fourth-order valence-corrected chi connectivity index (χ4v) is 4.88. The van der Waals surface area contributed by atoms with E-state index in [4.69, 9.17) is 20.4 Å². The number of rotatable bonds is 5. The highest BCUT2D eigenvalue weighted by atomic mass is 19.4. The summed E-state index contributed by atoms with van der Waals surface area (Å²) < 4.78 is 120. The average molecular weight is 478 g/mol.